The third-order valence-corrected chi connectivity index (χ3v) is 3.21. The molecule has 0 unspecified atom stereocenters. The quantitative estimate of drug-likeness (QED) is 0.482. The maximum absolute atomic E-state index is 13.3. The highest BCUT2D eigenvalue weighted by Crippen LogP contribution is 2.25. The Balaban J connectivity index is 2.07. The van der Waals surface area contributed by atoms with E-state index in [1.165, 1.54) is 18.2 Å². The molecule has 1 aromatic carbocycles. The molecule has 0 bridgehead atoms. The Morgan fingerprint density at radius 1 is 1.57 bits per heavy atom. The van der Waals surface area contributed by atoms with Crippen LogP contribution in [0, 0.1) is 16.6 Å². The molecule has 1 aliphatic rings. The summed E-state index contributed by atoms with van der Waals surface area (Å²) in [5.41, 5.74) is -0.00177. The summed E-state index contributed by atoms with van der Waals surface area (Å²) in [6.07, 6.45) is 0. The SMILES string of the molecule is CC1(CN/C(=N\C(=N)Br)Oc2cc(F)cc(Cl)c2)COC1. The molecule has 0 radical (unpaired) electrons. The van der Waals surface area contributed by atoms with Crippen molar-refractivity contribution in [3.05, 3.63) is 29.0 Å². The molecule has 1 aliphatic heterocycles. The second-order valence-electron chi connectivity index (χ2n) is 5.07. The Labute approximate surface area is 135 Å². The molecule has 0 spiro atoms. The zero-order chi connectivity index (χ0) is 15.5. The average molecular weight is 379 g/mol. The maximum Gasteiger partial charge on any atom is 0.297 e. The monoisotopic (exact) mass is 377 g/mol. The molecular formula is C13H14BrClFN3O2. The fourth-order valence-corrected chi connectivity index (χ4v) is 2.10. The van der Waals surface area contributed by atoms with Gasteiger partial charge in [0.1, 0.15) is 11.6 Å². The van der Waals surface area contributed by atoms with Crippen LogP contribution in [-0.2, 0) is 4.74 Å². The molecule has 0 amide bonds. The fourth-order valence-electron chi connectivity index (χ4n) is 1.73. The molecule has 114 valence electrons. The first-order chi connectivity index (χ1) is 9.86. The minimum atomic E-state index is -0.509. The number of hydrogen-bond donors (Lipinski definition) is 2. The van der Waals surface area contributed by atoms with Crippen molar-refractivity contribution in [1.29, 1.82) is 5.41 Å². The molecule has 0 saturated carbocycles. The highest BCUT2D eigenvalue weighted by Gasteiger charge is 2.33. The molecule has 21 heavy (non-hydrogen) atoms. The van der Waals surface area contributed by atoms with Crippen LogP contribution in [0.5, 0.6) is 5.75 Å². The van der Waals surface area contributed by atoms with Gasteiger partial charge in [-0.2, -0.15) is 4.99 Å². The summed E-state index contributed by atoms with van der Waals surface area (Å²) in [6, 6.07) is 3.92. The lowest BCUT2D eigenvalue weighted by Crippen LogP contribution is -2.49. The molecule has 1 aromatic rings. The van der Waals surface area contributed by atoms with E-state index in [-0.39, 0.29) is 27.0 Å². The largest absolute Gasteiger partial charge is 0.426 e. The number of ether oxygens (including phenoxy) is 2. The van der Waals surface area contributed by atoms with E-state index in [2.05, 4.69) is 33.2 Å². The van der Waals surface area contributed by atoms with Crippen LogP contribution in [0.4, 0.5) is 4.39 Å². The van der Waals surface area contributed by atoms with Gasteiger partial charge >= 0.3 is 0 Å². The van der Waals surface area contributed by atoms with Gasteiger partial charge in [0.2, 0.25) is 0 Å². The summed E-state index contributed by atoms with van der Waals surface area (Å²) in [6.45, 7) is 3.91. The highest BCUT2D eigenvalue weighted by atomic mass is 79.9. The van der Waals surface area contributed by atoms with Crippen molar-refractivity contribution in [2.75, 3.05) is 19.8 Å². The minimum absolute atomic E-state index is 0.00177. The Bertz CT molecular complexity index is 558. The Hall–Kier alpha value is -1.18. The molecule has 0 aromatic heterocycles. The predicted octanol–water partition coefficient (Wildman–Crippen LogP) is 3.17. The molecule has 8 heteroatoms. The van der Waals surface area contributed by atoms with Gasteiger partial charge < -0.3 is 14.8 Å². The Morgan fingerprint density at radius 3 is 2.81 bits per heavy atom. The molecule has 5 nitrogen and oxygen atoms in total. The van der Waals surface area contributed by atoms with Gasteiger partial charge in [-0.3, -0.25) is 5.41 Å². The summed E-state index contributed by atoms with van der Waals surface area (Å²) in [5.74, 6) is -0.305. The van der Waals surface area contributed by atoms with Crippen molar-refractivity contribution in [3.8, 4) is 5.75 Å². The third kappa shape index (κ3) is 4.94. The van der Waals surface area contributed by atoms with Crippen LogP contribution in [0.15, 0.2) is 23.2 Å². The van der Waals surface area contributed by atoms with Crippen LogP contribution < -0.4 is 10.1 Å². The summed E-state index contributed by atoms with van der Waals surface area (Å²) in [4.78, 5) is 3.87. The van der Waals surface area contributed by atoms with Crippen LogP contribution in [-0.4, -0.2) is 30.5 Å². The molecule has 1 fully saturated rings. The van der Waals surface area contributed by atoms with Crippen LogP contribution in [0.25, 0.3) is 0 Å². The van der Waals surface area contributed by atoms with E-state index in [1.807, 2.05) is 0 Å². The number of halogens is 3. The van der Waals surface area contributed by atoms with Crippen molar-refractivity contribution in [3.63, 3.8) is 0 Å². The molecule has 1 saturated heterocycles. The number of rotatable bonds is 3. The topological polar surface area (TPSA) is 66.7 Å². The number of amidine groups is 2. The lowest BCUT2D eigenvalue weighted by Gasteiger charge is -2.38. The van der Waals surface area contributed by atoms with Crippen molar-refractivity contribution in [1.82, 2.24) is 5.32 Å². The van der Waals surface area contributed by atoms with Gasteiger partial charge in [-0.25, -0.2) is 4.39 Å². The molecule has 2 rings (SSSR count). The van der Waals surface area contributed by atoms with E-state index in [0.717, 1.165) is 0 Å². The van der Waals surface area contributed by atoms with Crippen LogP contribution in [0.1, 0.15) is 6.92 Å². The van der Waals surface area contributed by atoms with Gasteiger partial charge in [0.25, 0.3) is 6.02 Å². The summed E-state index contributed by atoms with van der Waals surface area (Å²) in [5, 5.41) is 10.6. The first-order valence-electron chi connectivity index (χ1n) is 6.15. The first kappa shape index (κ1) is 16.2. The van der Waals surface area contributed by atoms with Gasteiger partial charge in [-0.05, 0) is 28.1 Å². The van der Waals surface area contributed by atoms with E-state index >= 15 is 0 Å². The summed E-state index contributed by atoms with van der Waals surface area (Å²) >= 11 is 8.69. The standard InChI is InChI=1S/C13H14BrClFN3O2/c1-13(6-20-7-13)5-18-12(19-11(14)17)21-10-3-8(15)2-9(16)4-10/h2-4H,5-7H2,1H3,(H2,17,18,19). The number of aliphatic imine (C=N–C) groups is 1. The van der Waals surface area contributed by atoms with Gasteiger partial charge in [0, 0.05) is 23.0 Å². The maximum atomic E-state index is 13.3. The molecule has 1 heterocycles. The van der Waals surface area contributed by atoms with Gasteiger partial charge in [0.05, 0.1) is 13.2 Å². The lowest BCUT2D eigenvalue weighted by atomic mass is 9.89. The van der Waals surface area contributed by atoms with E-state index in [9.17, 15) is 4.39 Å². The van der Waals surface area contributed by atoms with Gasteiger partial charge in [-0.1, -0.05) is 18.5 Å². The average Bonchev–Trinajstić information content (AvgIpc) is 2.31. The number of nitrogens with zero attached hydrogens (tertiary/aromatic N) is 1. The minimum Gasteiger partial charge on any atom is -0.426 e. The summed E-state index contributed by atoms with van der Waals surface area (Å²) in [7, 11) is 0. The van der Waals surface area contributed by atoms with E-state index in [0.29, 0.717) is 19.8 Å². The van der Waals surface area contributed by atoms with Crippen LogP contribution in [0.2, 0.25) is 5.02 Å². The van der Waals surface area contributed by atoms with Gasteiger partial charge in [-0.15, -0.1) is 0 Å². The normalized spacial score (nSPS) is 17.0. The third-order valence-electron chi connectivity index (χ3n) is 2.82. The van der Waals surface area contributed by atoms with E-state index < -0.39 is 5.82 Å². The van der Waals surface area contributed by atoms with E-state index in [1.54, 1.807) is 0 Å². The smallest absolute Gasteiger partial charge is 0.297 e. The highest BCUT2D eigenvalue weighted by molar-refractivity contribution is 9.18. The molecular weight excluding hydrogens is 365 g/mol. The predicted molar refractivity (Wildman–Crippen MR) is 83.1 cm³/mol. The van der Waals surface area contributed by atoms with Crippen LogP contribution in [0.3, 0.4) is 0 Å². The fraction of sp³-hybridized carbons (Fsp3) is 0.385. The number of hydrogen-bond acceptors (Lipinski definition) is 3. The van der Waals surface area contributed by atoms with Crippen molar-refractivity contribution < 1.29 is 13.9 Å². The molecule has 0 aliphatic carbocycles. The van der Waals surface area contributed by atoms with Crippen LogP contribution >= 0.6 is 27.5 Å². The Morgan fingerprint density at radius 2 is 2.29 bits per heavy atom. The van der Waals surface area contributed by atoms with Crippen molar-refractivity contribution >= 4 is 38.3 Å². The lowest BCUT2D eigenvalue weighted by molar-refractivity contribution is -0.0973. The second kappa shape index (κ2) is 6.72. The zero-order valence-corrected chi connectivity index (χ0v) is 13.6. The zero-order valence-electron chi connectivity index (χ0n) is 11.3. The number of nitrogens with one attached hydrogen (secondary N) is 2. The van der Waals surface area contributed by atoms with E-state index in [4.69, 9.17) is 26.5 Å². The summed E-state index contributed by atoms with van der Waals surface area (Å²) < 4.78 is 23.8. The second-order valence-corrected chi connectivity index (χ2v) is 6.26. The van der Waals surface area contributed by atoms with Crippen molar-refractivity contribution in [2.24, 2.45) is 10.4 Å². The Kier molecular flexibility index (Phi) is 5.18. The van der Waals surface area contributed by atoms with Crippen molar-refractivity contribution in [2.45, 2.75) is 6.92 Å². The first-order valence-corrected chi connectivity index (χ1v) is 7.32. The number of benzene rings is 1. The molecule has 2 N–H and O–H groups in total. The van der Waals surface area contributed by atoms with Gasteiger partial charge in [0.15, 0.2) is 4.74 Å². The molecule has 0 atom stereocenters.